The van der Waals surface area contributed by atoms with E-state index in [2.05, 4.69) is 37.2 Å². The van der Waals surface area contributed by atoms with Gasteiger partial charge in [0.2, 0.25) is 0 Å². The number of nitrogens with one attached hydrogen (secondary N) is 1. The highest BCUT2D eigenvalue weighted by molar-refractivity contribution is 9.11. The van der Waals surface area contributed by atoms with Gasteiger partial charge in [0.05, 0.1) is 11.0 Å². The standard InChI is InChI=1S/C12H11Br2NO3/c13-7-1-2-8(9(14)5-7)10(16)15-6-12(3-4-12)11(17)18/h1-2,5H,3-4,6H2,(H,15,16)(H,17,18). The minimum absolute atomic E-state index is 0.184. The van der Waals surface area contributed by atoms with Crippen molar-refractivity contribution in [3.63, 3.8) is 0 Å². The van der Waals surface area contributed by atoms with Crippen molar-refractivity contribution >= 4 is 43.7 Å². The fraction of sp³-hybridized carbons (Fsp3) is 0.333. The molecule has 0 saturated heterocycles. The average molecular weight is 377 g/mol. The van der Waals surface area contributed by atoms with Gasteiger partial charge in [-0.2, -0.15) is 0 Å². The fourth-order valence-corrected chi connectivity index (χ4v) is 2.86. The van der Waals surface area contributed by atoms with E-state index in [0.29, 0.717) is 22.9 Å². The van der Waals surface area contributed by atoms with Gasteiger partial charge in [-0.15, -0.1) is 0 Å². The predicted molar refractivity (Wildman–Crippen MR) is 73.5 cm³/mol. The van der Waals surface area contributed by atoms with Gasteiger partial charge in [-0.25, -0.2) is 0 Å². The largest absolute Gasteiger partial charge is 0.481 e. The molecule has 0 unspecified atom stereocenters. The van der Waals surface area contributed by atoms with E-state index in [1.807, 2.05) is 0 Å². The zero-order chi connectivity index (χ0) is 13.3. The predicted octanol–water partition coefficient (Wildman–Crippen LogP) is 2.81. The highest BCUT2D eigenvalue weighted by Crippen LogP contribution is 2.45. The molecule has 2 rings (SSSR count). The van der Waals surface area contributed by atoms with Gasteiger partial charge in [0.25, 0.3) is 5.91 Å². The Bertz CT molecular complexity index is 512. The number of carboxylic acid groups (broad SMARTS) is 1. The topological polar surface area (TPSA) is 66.4 Å². The van der Waals surface area contributed by atoms with Crippen LogP contribution >= 0.6 is 31.9 Å². The van der Waals surface area contributed by atoms with Crippen LogP contribution in [0, 0.1) is 5.41 Å². The molecule has 1 fully saturated rings. The summed E-state index contributed by atoms with van der Waals surface area (Å²) in [5.41, 5.74) is -0.239. The van der Waals surface area contributed by atoms with E-state index in [4.69, 9.17) is 5.11 Å². The van der Waals surface area contributed by atoms with Gasteiger partial charge >= 0.3 is 5.97 Å². The molecule has 0 heterocycles. The second kappa shape index (κ2) is 5.01. The van der Waals surface area contributed by atoms with E-state index in [1.165, 1.54) is 0 Å². The lowest BCUT2D eigenvalue weighted by Gasteiger charge is -2.12. The molecule has 0 radical (unpaired) electrons. The number of halogens is 2. The Morgan fingerprint density at radius 1 is 1.33 bits per heavy atom. The van der Waals surface area contributed by atoms with Crippen LogP contribution in [-0.4, -0.2) is 23.5 Å². The van der Waals surface area contributed by atoms with Crippen molar-refractivity contribution in [2.24, 2.45) is 5.41 Å². The Kier molecular flexibility index (Phi) is 3.77. The van der Waals surface area contributed by atoms with Crippen LogP contribution < -0.4 is 5.32 Å². The van der Waals surface area contributed by atoms with Gasteiger partial charge < -0.3 is 10.4 Å². The lowest BCUT2D eigenvalue weighted by atomic mass is 10.1. The number of rotatable bonds is 4. The van der Waals surface area contributed by atoms with Gasteiger partial charge in [-0.1, -0.05) is 15.9 Å². The van der Waals surface area contributed by atoms with Gasteiger partial charge in [0.1, 0.15) is 0 Å². The molecule has 0 aromatic heterocycles. The van der Waals surface area contributed by atoms with E-state index >= 15 is 0 Å². The molecular weight excluding hydrogens is 366 g/mol. The number of aliphatic carboxylic acids is 1. The maximum Gasteiger partial charge on any atom is 0.311 e. The van der Waals surface area contributed by atoms with Gasteiger partial charge in [0, 0.05) is 15.5 Å². The number of hydrogen-bond donors (Lipinski definition) is 2. The van der Waals surface area contributed by atoms with Crippen molar-refractivity contribution in [1.29, 1.82) is 0 Å². The molecule has 18 heavy (non-hydrogen) atoms. The Morgan fingerprint density at radius 3 is 2.50 bits per heavy atom. The molecule has 0 spiro atoms. The van der Waals surface area contributed by atoms with E-state index in [-0.39, 0.29) is 12.5 Å². The molecule has 2 N–H and O–H groups in total. The van der Waals surface area contributed by atoms with Crippen molar-refractivity contribution in [3.8, 4) is 0 Å². The summed E-state index contributed by atoms with van der Waals surface area (Å²) in [6.07, 6.45) is 1.26. The molecule has 0 atom stereocenters. The van der Waals surface area contributed by atoms with Crippen molar-refractivity contribution in [1.82, 2.24) is 5.32 Å². The summed E-state index contributed by atoms with van der Waals surface area (Å²) in [4.78, 5) is 22.9. The Hall–Kier alpha value is -0.880. The molecule has 0 bridgehead atoms. The lowest BCUT2D eigenvalue weighted by Crippen LogP contribution is -2.34. The Balaban J connectivity index is 2.02. The van der Waals surface area contributed by atoms with Crippen LogP contribution in [0.5, 0.6) is 0 Å². The molecule has 0 aliphatic heterocycles. The first-order valence-corrected chi connectivity index (χ1v) is 7.00. The monoisotopic (exact) mass is 375 g/mol. The van der Waals surface area contributed by atoms with Crippen LogP contribution in [0.2, 0.25) is 0 Å². The molecule has 6 heteroatoms. The summed E-state index contributed by atoms with van der Waals surface area (Å²) in [7, 11) is 0. The summed E-state index contributed by atoms with van der Waals surface area (Å²) in [6.45, 7) is 0.184. The van der Waals surface area contributed by atoms with Crippen LogP contribution in [0.3, 0.4) is 0 Å². The molecule has 1 aliphatic carbocycles. The van der Waals surface area contributed by atoms with Gasteiger partial charge in [-0.05, 0) is 47.0 Å². The lowest BCUT2D eigenvalue weighted by molar-refractivity contribution is -0.143. The van der Waals surface area contributed by atoms with Crippen LogP contribution in [-0.2, 0) is 4.79 Å². The second-order valence-corrected chi connectivity index (χ2v) is 6.16. The quantitative estimate of drug-likeness (QED) is 0.849. The number of amides is 1. The molecule has 4 nitrogen and oxygen atoms in total. The third-order valence-corrected chi connectivity index (χ3v) is 4.22. The zero-order valence-electron chi connectivity index (χ0n) is 9.37. The second-order valence-electron chi connectivity index (χ2n) is 4.39. The number of carbonyl (C=O) groups is 2. The normalized spacial score (nSPS) is 16.1. The third kappa shape index (κ3) is 2.75. The molecule has 96 valence electrons. The third-order valence-electron chi connectivity index (χ3n) is 3.07. The number of hydrogen-bond acceptors (Lipinski definition) is 2. The summed E-state index contributed by atoms with van der Waals surface area (Å²) < 4.78 is 1.55. The minimum atomic E-state index is -0.835. The zero-order valence-corrected chi connectivity index (χ0v) is 12.5. The minimum Gasteiger partial charge on any atom is -0.481 e. The van der Waals surface area contributed by atoms with E-state index < -0.39 is 11.4 Å². The summed E-state index contributed by atoms with van der Waals surface area (Å²) in [5, 5.41) is 11.7. The first-order chi connectivity index (χ1) is 8.44. The summed E-state index contributed by atoms with van der Waals surface area (Å²) >= 11 is 6.61. The number of benzene rings is 1. The van der Waals surface area contributed by atoms with E-state index in [0.717, 1.165) is 4.47 Å². The molecule has 1 saturated carbocycles. The maximum absolute atomic E-state index is 11.9. The average Bonchev–Trinajstić information content (AvgIpc) is 3.07. The number of carbonyl (C=O) groups excluding carboxylic acids is 1. The van der Waals surface area contributed by atoms with Crippen LogP contribution in [0.4, 0.5) is 0 Å². The van der Waals surface area contributed by atoms with Gasteiger partial charge in [-0.3, -0.25) is 9.59 Å². The van der Waals surface area contributed by atoms with Crippen LogP contribution in [0.1, 0.15) is 23.2 Å². The Labute approximate surface area is 121 Å². The Morgan fingerprint density at radius 2 is 2.00 bits per heavy atom. The SMILES string of the molecule is O=C(NCC1(C(=O)O)CC1)c1ccc(Br)cc1Br. The summed E-state index contributed by atoms with van der Waals surface area (Å²) in [5.74, 6) is -1.10. The van der Waals surface area contributed by atoms with Crippen molar-refractivity contribution in [3.05, 3.63) is 32.7 Å². The van der Waals surface area contributed by atoms with E-state index in [9.17, 15) is 9.59 Å². The molecule has 1 aliphatic rings. The maximum atomic E-state index is 11.9. The molecule has 1 aromatic carbocycles. The molecule has 1 amide bonds. The first kappa shape index (κ1) is 13.5. The highest BCUT2D eigenvalue weighted by Gasteiger charge is 2.50. The first-order valence-electron chi connectivity index (χ1n) is 5.41. The van der Waals surface area contributed by atoms with E-state index in [1.54, 1.807) is 18.2 Å². The van der Waals surface area contributed by atoms with Crippen LogP contribution in [0.15, 0.2) is 27.1 Å². The highest BCUT2D eigenvalue weighted by atomic mass is 79.9. The van der Waals surface area contributed by atoms with Crippen LogP contribution in [0.25, 0.3) is 0 Å². The molecular formula is C12H11Br2NO3. The fourth-order valence-electron chi connectivity index (χ4n) is 1.64. The van der Waals surface area contributed by atoms with Crippen molar-refractivity contribution < 1.29 is 14.7 Å². The van der Waals surface area contributed by atoms with Crippen molar-refractivity contribution in [2.75, 3.05) is 6.54 Å². The summed E-state index contributed by atoms with van der Waals surface area (Å²) in [6, 6.07) is 5.23. The van der Waals surface area contributed by atoms with Crippen molar-refractivity contribution in [2.45, 2.75) is 12.8 Å². The smallest absolute Gasteiger partial charge is 0.311 e. The van der Waals surface area contributed by atoms with Gasteiger partial charge in [0.15, 0.2) is 0 Å². The number of carboxylic acids is 1. The molecule has 1 aromatic rings.